The van der Waals surface area contributed by atoms with Crippen molar-refractivity contribution in [2.24, 2.45) is 0 Å². The van der Waals surface area contributed by atoms with Crippen molar-refractivity contribution in [1.29, 1.82) is 0 Å². The van der Waals surface area contributed by atoms with Crippen LogP contribution in [0.15, 0.2) is 50.6 Å². The van der Waals surface area contributed by atoms with Gasteiger partial charge in [-0.2, -0.15) is 0 Å². The van der Waals surface area contributed by atoms with Gasteiger partial charge >= 0.3 is 0 Å². The number of hydrogen-bond donors (Lipinski definition) is 2. The largest absolute Gasteiger partial charge is 0.459 e. The maximum atomic E-state index is 13.2. The van der Waals surface area contributed by atoms with E-state index in [0.717, 1.165) is 24.3 Å². The van der Waals surface area contributed by atoms with E-state index in [1.165, 1.54) is 12.1 Å². The zero-order chi connectivity index (χ0) is 18.5. The number of sulfone groups is 1. The lowest BCUT2D eigenvalue weighted by Crippen LogP contribution is -2.22. The van der Waals surface area contributed by atoms with Gasteiger partial charge in [0.05, 0.1) is 20.9 Å². The number of hydrogen-bond acceptors (Lipinski definition) is 5. The molecular formula is C19H18ClNO4S. The normalized spacial score (nSPS) is 15.8. The van der Waals surface area contributed by atoms with Crippen molar-refractivity contribution in [1.82, 2.24) is 5.32 Å². The predicted molar refractivity (Wildman–Crippen MR) is 99.2 cm³/mol. The minimum Gasteiger partial charge on any atom is -0.459 e. The summed E-state index contributed by atoms with van der Waals surface area (Å²) in [4.78, 5) is 0.179. The van der Waals surface area contributed by atoms with Crippen molar-refractivity contribution in [2.45, 2.75) is 35.8 Å². The molecule has 1 unspecified atom stereocenters. The number of furan rings is 1. The number of fused-ring (bicyclic) bond motifs is 3. The van der Waals surface area contributed by atoms with Gasteiger partial charge in [0.1, 0.15) is 5.76 Å². The Morgan fingerprint density at radius 1 is 1.27 bits per heavy atom. The molecule has 0 aliphatic carbocycles. The average Bonchev–Trinajstić information content (AvgIpc) is 3.01. The molecule has 2 heterocycles. The van der Waals surface area contributed by atoms with Gasteiger partial charge in [-0.3, -0.25) is 0 Å². The molecule has 0 saturated carbocycles. The highest BCUT2D eigenvalue weighted by Gasteiger charge is 2.26. The van der Waals surface area contributed by atoms with Crippen LogP contribution >= 0.6 is 11.6 Å². The van der Waals surface area contributed by atoms with Crippen LogP contribution < -0.4 is 5.32 Å². The van der Waals surface area contributed by atoms with Crippen LogP contribution in [-0.2, 0) is 22.8 Å². The number of rotatable bonds is 3. The lowest BCUT2D eigenvalue weighted by atomic mass is 10.1. The van der Waals surface area contributed by atoms with Crippen molar-refractivity contribution in [2.75, 3.05) is 6.54 Å². The summed E-state index contributed by atoms with van der Waals surface area (Å²) in [6.45, 7) is 2.98. The molecule has 0 saturated heterocycles. The van der Waals surface area contributed by atoms with Crippen LogP contribution in [0.5, 0.6) is 0 Å². The molecule has 3 aromatic rings. The second-order valence-corrected chi connectivity index (χ2v) is 8.75. The summed E-state index contributed by atoms with van der Waals surface area (Å²) in [6, 6.07) is 9.49. The highest BCUT2D eigenvalue weighted by Crippen LogP contribution is 2.37. The molecule has 1 atom stereocenters. The lowest BCUT2D eigenvalue weighted by Gasteiger charge is -2.13. The van der Waals surface area contributed by atoms with Gasteiger partial charge in [0.2, 0.25) is 9.84 Å². The van der Waals surface area contributed by atoms with Crippen LogP contribution in [0.25, 0.3) is 11.0 Å². The maximum Gasteiger partial charge on any atom is 0.207 e. The zero-order valence-corrected chi connectivity index (χ0v) is 15.7. The summed E-state index contributed by atoms with van der Waals surface area (Å²) in [5.74, 6) is 0.847. The van der Waals surface area contributed by atoms with Crippen LogP contribution in [-0.4, -0.2) is 20.1 Å². The third-order valence-electron chi connectivity index (χ3n) is 4.70. The van der Waals surface area contributed by atoms with E-state index in [1.54, 1.807) is 31.2 Å². The van der Waals surface area contributed by atoms with E-state index in [4.69, 9.17) is 16.0 Å². The molecule has 5 nitrogen and oxygen atoms in total. The Hall–Kier alpha value is -1.86. The van der Waals surface area contributed by atoms with E-state index < -0.39 is 15.9 Å². The Morgan fingerprint density at radius 3 is 2.81 bits per heavy atom. The molecule has 0 bridgehead atoms. The molecule has 1 aliphatic heterocycles. The summed E-state index contributed by atoms with van der Waals surface area (Å²) in [6.07, 6.45) is -0.154. The Morgan fingerprint density at radius 2 is 2.04 bits per heavy atom. The number of halogens is 1. The van der Waals surface area contributed by atoms with E-state index in [9.17, 15) is 13.5 Å². The molecule has 0 radical (unpaired) electrons. The SMILES string of the molecule is CC(O)c1ccccc1S(=O)(=O)c1cc(Cl)c2oc3c(c2c1)CNCC3. The third-order valence-corrected chi connectivity index (χ3v) is 6.79. The Labute approximate surface area is 156 Å². The van der Waals surface area contributed by atoms with Crippen molar-refractivity contribution < 1.29 is 17.9 Å². The van der Waals surface area contributed by atoms with Gasteiger partial charge in [0.25, 0.3) is 0 Å². The smallest absolute Gasteiger partial charge is 0.207 e. The summed E-state index contributed by atoms with van der Waals surface area (Å²) in [7, 11) is -3.84. The molecule has 26 heavy (non-hydrogen) atoms. The van der Waals surface area contributed by atoms with Crippen molar-refractivity contribution in [3.63, 3.8) is 0 Å². The summed E-state index contributed by atoms with van der Waals surface area (Å²) < 4.78 is 32.3. The van der Waals surface area contributed by atoms with Crippen LogP contribution in [0.3, 0.4) is 0 Å². The van der Waals surface area contributed by atoms with Gasteiger partial charge in [-0.25, -0.2) is 8.42 Å². The highest BCUT2D eigenvalue weighted by molar-refractivity contribution is 7.91. The molecule has 2 N–H and O–H groups in total. The number of aliphatic hydroxyl groups is 1. The Kier molecular flexibility index (Phi) is 4.31. The number of aliphatic hydroxyl groups excluding tert-OH is 1. The zero-order valence-electron chi connectivity index (χ0n) is 14.1. The molecular weight excluding hydrogens is 374 g/mol. The first-order valence-corrected chi connectivity index (χ1v) is 10.2. The first kappa shape index (κ1) is 17.5. The van der Waals surface area contributed by atoms with E-state index in [1.807, 2.05) is 0 Å². The van der Waals surface area contributed by atoms with Gasteiger partial charge in [0.15, 0.2) is 5.58 Å². The second-order valence-electron chi connectivity index (χ2n) is 6.43. The van der Waals surface area contributed by atoms with E-state index in [2.05, 4.69) is 5.32 Å². The van der Waals surface area contributed by atoms with Crippen LogP contribution in [0.1, 0.15) is 29.9 Å². The Bertz CT molecular complexity index is 1100. The van der Waals surface area contributed by atoms with E-state index in [-0.39, 0.29) is 14.8 Å². The molecule has 1 aromatic heterocycles. The van der Waals surface area contributed by atoms with Gasteiger partial charge in [-0.1, -0.05) is 29.8 Å². The fourth-order valence-corrected chi connectivity index (χ4v) is 5.32. The van der Waals surface area contributed by atoms with Crippen molar-refractivity contribution >= 4 is 32.4 Å². The predicted octanol–water partition coefficient (Wildman–Crippen LogP) is 3.62. The highest BCUT2D eigenvalue weighted by atomic mass is 35.5. The fourth-order valence-electron chi connectivity index (χ4n) is 3.40. The molecule has 0 amide bonds. The second kappa shape index (κ2) is 6.39. The third kappa shape index (κ3) is 2.74. The van der Waals surface area contributed by atoms with Gasteiger partial charge in [-0.15, -0.1) is 0 Å². The quantitative estimate of drug-likeness (QED) is 0.712. The van der Waals surface area contributed by atoms with Crippen LogP contribution in [0.4, 0.5) is 0 Å². The monoisotopic (exact) mass is 391 g/mol. The summed E-state index contributed by atoms with van der Waals surface area (Å²) in [5.41, 5.74) is 1.83. The molecule has 2 aromatic carbocycles. The molecule has 7 heteroatoms. The molecule has 4 rings (SSSR count). The first-order chi connectivity index (χ1) is 12.4. The summed E-state index contributed by atoms with van der Waals surface area (Å²) >= 11 is 6.35. The van der Waals surface area contributed by atoms with Crippen LogP contribution in [0.2, 0.25) is 5.02 Å². The van der Waals surface area contributed by atoms with Crippen molar-refractivity contribution in [3.8, 4) is 0 Å². The lowest BCUT2D eigenvalue weighted by molar-refractivity contribution is 0.196. The van der Waals surface area contributed by atoms with Gasteiger partial charge in [-0.05, 0) is 30.7 Å². The average molecular weight is 392 g/mol. The molecule has 0 fully saturated rings. The molecule has 136 valence electrons. The minimum absolute atomic E-state index is 0.0842. The number of nitrogens with one attached hydrogen (secondary N) is 1. The van der Waals surface area contributed by atoms with Crippen molar-refractivity contribution in [3.05, 3.63) is 58.3 Å². The van der Waals surface area contributed by atoms with E-state index in [0.29, 0.717) is 23.1 Å². The van der Waals surface area contributed by atoms with Gasteiger partial charge in [0, 0.05) is 30.5 Å². The molecule has 1 aliphatic rings. The fraction of sp³-hybridized carbons (Fsp3) is 0.263. The molecule has 0 spiro atoms. The topological polar surface area (TPSA) is 79.5 Å². The van der Waals surface area contributed by atoms with E-state index >= 15 is 0 Å². The number of benzene rings is 2. The Balaban J connectivity index is 1.94. The standard InChI is InChI=1S/C19H18ClNO4S/c1-11(22)13-4-2-3-5-18(13)26(23,24)12-8-14-15-10-21-7-6-17(15)25-19(14)16(20)9-12/h2-5,8-9,11,21-22H,6-7,10H2,1H3. The van der Waals surface area contributed by atoms with Gasteiger partial charge < -0.3 is 14.8 Å². The van der Waals surface area contributed by atoms with Crippen LogP contribution in [0, 0.1) is 0 Å². The first-order valence-electron chi connectivity index (χ1n) is 8.36. The minimum atomic E-state index is -3.84. The summed E-state index contributed by atoms with van der Waals surface area (Å²) in [5, 5.41) is 14.2. The maximum absolute atomic E-state index is 13.2.